The normalized spacial score (nSPS) is 17.3. The molecule has 8 nitrogen and oxygen atoms in total. The molecule has 2 aromatic rings. The standard InChI is InChI=1S/C23H18BrClFN3O5S/c1-33-17-6-3-11(7-14(17)24)19-13(9-27)22(29-21(31)20(19)23(32)34-2)35-10-18(30)28-12-4-5-16(26)15(25)8-12/h3-8,19-20H,10H2,1-2H3,(H,28,30)(H,29,31)/t19-,20+/m1/s1. The van der Waals surface area contributed by atoms with Crippen LogP contribution in [0.15, 0.2) is 51.5 Å². The second-order valence-electron chi connectivity index (χ2n) is 7.18. The van der Waals surface area contributed by atoms with Gasteiger partial charge in [-0.2, -0.15) is 5.26 Å². The van der Waals surface area contributed by atoms with Crippen molar-refractivity contribution >= 4 is 62.8 Å². The van der Waals surface area contributed by atoms with E-state index in [9.17, 15) is 24.0 Å². The van der Waals surface area contributed by atoms with Gasteiger partial charge in [-0.3, -0.25) is 14.4 Å². The van der Waals surface area contributed by atoms with Gasteiger partial charge in [0.1, 0.15) is 17.5 Å². The van der Waals surface area contributed by atoms with Crippen LogP contribution in [0.2, 0.25) is 5.02 Å². The number of anilines is 1. The second kappa shape index (κ2) is 11.6. The van der Waals surface area contributed by atoms with Crippen LogP contribution in [-0.4, -0.2) is 37.8 Å². The van der Waals surface area contributed by atoms with Gasteiger partial charge < -0.3 is 20.1 Å². The molecule has 3 rings (SSSR count). The molecule has 182 valence electrons. The minimum absolute atomic E-state index is 0.0969. The maximum Gasteiger partial charge on any atom is 0.319 e. The van der Waals surface area contributed by atoms with Crippen molar-refractivity contribution in [2.24, 2.45) is 5.92 Å². The van der Waals surface area contributed by atoms with Crippen molar-refractivity contribution in [2.75, 3.05) is 25.3 Å². The lowest BCUT2D eigenvalue weighted by Crippen LogP contribution is -2.44. The molecule has 2 aromatic carbocycles. The largest absolute Gasteiger partial charge is 0.496 e. The first-order valence-corrected chi connectivity index (χ1v) is 12.1. The number of nitriles is 1. The molecule has 2 N–H and O–H groups in total. The van der Waals surface area contributed by atoms with E-state index < -0.39 is 35.4 Å². The van der Waals surface area contributed by atoms with Gasteiger partial charge >= 0.3 is 5.97 Å². The number of rotatable bonds is 7. The zero-order valence-corrected chi connectivity index (χ0v) is 21.5. The first-order chi connectivity index (χ1) is 16.7. The molecule has 0 aromatic heterocycles. The van der Waals surface area contributed by atoms with Crippen LogP contribution >= 0.6 is 39.3 Å². The number of esters is 1. The lowest BCUT2D eigenvalue weighted by molar-refractivity contribution is -0.150. The summed E-state index contributed by atoms with van der Waals surface area (Å²) in [4.78, 5) is 37.8. The van der Waals surface area contributed by atoms with Crippen LogP contribution < -0.4 is 15.4 Å². The smallest absolute Gasteiger partial charge is 0.319 e. The molecule has 2 atom stereocenters. The third-order valence-electron chi connectivity index (χ3n) is 5.07. The summed E-state index contributed by atoms with van der Waals surface area (Å²) in [5.41, 5.74) is 0.888. The number of amides is 2. The SMILES string of the molecule is COC(=O)[C@@H]1C(=O)NC(SCC(=O)Nc2ccc(F)c(Cl)c2)=C(C#N)[C@H]1c1ccc(OC)c(Br)c1. The summed E-state index contributed by atoms with van der Waals surface area (Å²) >= 11 is 10.0. The number of benzene rings is 2. The Kier molecular flexibility index (Phi) is 8.77. The van der Waals surface area contributed by atoms with Gasteiger partial charge in [-0.15, -0.1) is 0 Å². The number of carbonyl (C=O) groups is 3. The van der Waals surface area contributed by atoms with E-state index in [0.717, 1.165) is 24.9 Å². The zero-order valence-electron chi connectivity index (χ0n) is 18.4. The summed E-state index contributed by atoms with van der Waals surface area (Å²) in [5, 5.41) is 15.1. The van der Waals surface area contributed by atoms with Gasteiger partial charge in [-0.25, -0.2) is 4.39 Å². The zero-order chi connectivity index (χ0) is 25.7. The molecule has 0 bridgehead atoms. The Bertz CT molecular complexity index is 1270. The molecule has 2 amide bonds. The lowest BCUT2D eigenvalue weighted by Gasteiger charge is -2.31. The summed E-state index contributed by atoms with van der Waals surface area (Å²) in [6, 6.07) is 10.7. The Morgan fingerprint density at radius 2 is 2.03 bits per heavy atom. The number of carbonyl (C=O) groups excluding carboxylic acids is 3. The van der Waals surface area contributed by atoms with Gasteiger partial charge in [0.25, 0.3) is 0 Å². The average Bonchev–Trinajstić information content (AvgIpc) is 2.84. The van der Waals surface area contributed by atoms with E-state index in [1.807, 2.05) is 0 Å². The fourth-order valence-electron chi connectivity index (χ4n) is 3.46. The topological polar surface area (TPSA) is 118 Å². The van der Waals surface area contributed by atoms with E-state index in [1.165, 1.54) is 19.2 Å². The van der Waals surface area contributed by atoms with Gasteiger partial charge in [-0.1, -0.05) is 29.4 Å². The Labute approximate surface area is 217 Å². The molecular weight excluding hydrogens is 565 g/mol. The summed E-state index contributed by atoms with van der Waals surface area (Å²) in [5.74, 6) is -4.49. The molecule has 1 aliphatic heterocycles. The Morgan fingerprint density at radius 3 is 2.63 bits per heavy atom. The molecule has 1 aliphatic rings. The van der Waals surface area contributed by atoms with Crippen LogP contribution in [0, 0.1) is 23.1 Å². The van der Waals surface area contributed by atoms with Crippen LogP contribution in [0.1, 0.15) is 11.5 Å². The first kappa shape index (κ1) is 26.5. The van der Waals surface area contributed by atoms with Crippen LogP contribution in [0.25, 0.3) is 0 Å². The monoisotopic (exact) mass is 581 g/mol. The third kappa shape index (κ3) is 5.96. The summed E-state index contributed by atoms with van der Waals surface area (Å²) in [6.07, 6.45) is 0. The van der Waals surface area contributed by atoms with E-state index >= 15 is 0 Å². The highest BCUT2D eigenvalue weighted by Crippen LogP contribution is 2.42. The minimum Gasteiger partial charge on any atom is -0.496 e. The van der Waals surface area contributed by atoms with E-state index in [-0.39, 0.29) is 27.1 Å². The number of nitrogens with one attached hydrogen (secondary N) is 2. The molecule has 0 spiro atoms. The van der Waals surface area contributed by atoms with E-state index in [4.69, 9.17) is 21.1 Å². The maximum atomic E-state index is 13.3. The highest BCUT2D eigenvalue weighted by molar-refractivity contribution is 9.10. The number of hydrogen-bond acceptors (Lipinski definition) is 7. The predicted molar refractivity (Wildman–Crippen MR) is 132 cm³/mol. The molecule has 1 heterocycles. The molecule has 12 heteroatoms. The first-order valence-electron chi connectivity index (χ1n) is 9.94. The number of methoxy groups -OCH3 is 2. The molecule has 0 radical (unpaired) electrons. The van der Waals surface area contributed by atoms with Crippen molar-refractivity contribution < 1.29 is 28.2 Å². The fraction of sp³-hybridized carbons (Fsp3) is 0.217. The average molecular weight is 583 g/mol. The predicted octanol–water partition coefficient (Wildman–Crippen LogP) is 4.36. The van der Waals surface area contributed by atoms with Crippen molar-refractivity contribution in [3.05, 3.63) is 67.9 Å². The molecule has 0 aliphatic carbocycles. The number of nitrogens with zero attached hydrogens (tertiary/aromatic N) is 1. The minimum atomic E-state index is -1.31. The fourth-order valence-corrected chi connectivity index (χ4v) is 5.05. The highest BCUT2D eigenvalue weighted by atomic mass is 79.9. The summed E-state index contributed by atoms with van der Waals surface area (Å²) < 4.78 is 24.0. The van der Waals surface area contributed by atoms with Crippen molar-refractivity contribution in [3.8, 4) is 11.8 Å². The molecule has 0 fully saturated rings. The second-order valence-corrected chi connectivity index (χ2v) is 9.43. The molecule has 0 saturated heterocycles. The van der Waals surface area contributed by atoms with Gasteiger partial charge in [0.15, 0.2) is 0 Å². The number of halogens is 3. The maximum absolute atomic E-state index is 13.3. The summed E-state index contributed by atoms with van der Waals surface area (Å²) in [6.45, 7) is 0. The van der Waals surface area contributed by atoms with Gasteiger partial charge in [-0.05, 0) is 51.8 Å². The third-order valence-corrected chi connectivity index (χ3v) is 7.00. The van der Waals surface area contributed by atoms with Gasteiger partial charge in [0, 0.05) is 11.6 Å². The van der Waals surface area contributed by atoms with E-state index in [0.29, 0.717) is 15.8 Å². The lowest BCUT2D eigenvalue weighted by atomic mass is 9.78. The highest BCUT2D eigenvalue weighted by Gasteiger charge is 2.44. The van der Waals surface area contributed by atoms with Crippen LogP contribution in [-0.2, 0) is 19.1 Å². The quantitative estimate of drug-likeness (QED) is 0.368. The summed E-state index contributed by atoms with van der Waals surface area (Å²) in [7, 11) is 2.65. The van der Waals surface area contributed by atoms with E-state index in [1.54, 1.807) is 18.2 Å². The van der Waals surface area contributed by atoms with Crippen LogP contribution in [0.3, 0.4) is 0 Å². The van der Waals surface area contributed by atoms with Crippen molar-refractivity contribution in [1.29, 1.82) is 5.26 Å². The Hall–Kier alpha value is -3.07. The van der Waals surface area contributed by atoms with Crippen LogP contribution in [0.4, 0.5) is 10.1 Å². The van der Waals surface area contributed by atoms with Crippen molar-refractivity contribution in [3.63, 3.8) is 0 Å². The number of hydrogen-bond donors (Lipinski definition) is 2. The number of thioether (sulfide) groups is 1. The van der Waals surface area contributed by atoms with E-state index in [2.05, 4.69) is 32.6 Å². The van der Waals surface area contributed by atoms with Crippen molar-refractivity contribution in [1.82, 2.24) is 5.32 Å². The Balaban J connectivity index is 1.91. The molecule has 0 unspecified atom stereocenters. The Morgan fingerprint density at radius 1 is 1.29 bits per heavy atom. The number of allylic oxidation sites excluding steroid dienone is 1. The molecule has 35 heavy (non-hydrogen) atoms. The number of ether oxygens (including phenoxy) is 2. The molecular formula is C23H18BrClFN3O5S. The van der Waals surface area contributed by atoms with Gasteiger partial charge in [0.05, 0.1) is 46.1 Å². The van der Waals surface area contributed by atoms with Gasteiger partial charge in [0.2, 0.25) is 11.8 Å². The molecule has 0 saturated carbocycles. The van der Waals surface area contributed by atoms with Crippen molar-refractivity contribution in [2.45, 2.75) is 5.92 Å². The van der Waals surface area contributed by atoms with Crippen LogP contribution in [0.5, 0.6) is 5.75 Å².